The molecule has 4 nitrogen and oxygen atoms in total. The highest BCUT2D eigenvalue weighted by Crippen LogP contribution is 2.33. The number of hydrogen-bond acceptors (Lipinski definition) is 4. The minimum Gasteiger partial charge on any atom is -0.495 e. The first-order valence-electron chi connectivity index (χ1n) is 9.62. The molecule has 4 heteroatoms. The van der Waals surface area contributed by atoms with Crippen LogP contribution in [0.4, 0.5) is 5.69 Å². The monoisotopic (exact) mass is 352 g/mol. The number of benzene rings is 1. The van der Waals surface area contributed by atoms with E-state index in [1.54, 1.807) is 7.11 Å². The average molecular weight is 352 g/mol. The van der Waals surface area contributed by atoms with E-state index >= 15 is 0 Å². The van der Waals surface area contributed by atoms with E-state index in [9.17, 15) is 5.11 Å². The van der Waals surface area contributed by atoms with Crippen molar-refractivity contribution in [1.29, 1.82) is 0 Å². The summed E-state index contributed by atoms with van der Waals surface area (Å²) in [5.74, 6) is 1.24. The molecule has 1 aliphatic heterocycles. The van der Waals surface area contributed by atoms with Gasteiger partial charge >= 0.3 is 0 Å². The Labute approximate surface area is 156 Å². The number of hydrogen-bond donors (Lipinski definition) is 1. The van der Waals surface area contributed by atoms with Gasteiger partial charge in [-0.05, 0) is 36.1 Å². The van der Waals surface area contributed by atoms with Gasteiger partial charge in [0, 0.05) is 38.6 Å². The fraction of sp³-hybridized carbons (Fsp3) is 0.455. The number of aliphatic hydroxyl groups excluding tert-OH is 1. The van der Waals surface area contributed by atoms with Gasteiger partial charge in [0.05, 0.1) is 18.9 Å². The molecular weight excluding hydrogens is 324 g/mol. The Bertz CT molecular complexity index is 729. The summed E-state index contributed by atoms with van der Waals surface area (Å²) in [6, 6.07) is 8.24. The normalized spacial score (nSPS) is 26.2. The van der Waals surface area contributed by atoms with E-state index in [-0.39, 0.29) is 6.10 Å². The van der Waals surface area contributed by atoms with Crippen LogP contribution in [-0.4, -0.2) is 55.9 Å². The SMILES string of the molecule is COc1ccccc1N1CCN(CC2CC=C3C=CCC=C3C2O)CC1. The number of anilines is 1. The lowest BCUT2D eigenvalue weighted by molar-refractivity contribution is 0.101. The Morgan fingerprint density at radius 3 is 2.73 bits per heavy atom. The van der Waals surface area contributed by atoms with Crippen molar-refractivity contribution in [2.75, 3.05) is 44.7 Å². The maximum absolute atomic E-state index is 10.8. The van der Waals surface area contributed by atoms with E-state index in [1.165, 1.54) is 11.3 Å². The van der Waals surface area contributed by atoms with Gasteiger partial charge in [-0.1, -0.05) is 36.4 Å². The predicted octanol–water partition coefficient (Wildman–Crippen LogP) is 3.01. The van der Waals surface area contributed by atoms with Gasteiger partial charge < -0.3 is 14.7 Å². The summed E-state index contributed by atoms with van der Waals surface area (Å²) in [5, 5.41) is 10.8. The second-order valence-corrected chi connectivity index (χ2v) is 7.36. The fourth-order valence-electron chi connectivity index (χ4n) is 4.31. The van der Waals surface area contributed by atoms with Gasteiger partial charge in [0.2, 0.25) is 0 Å². The van der Waals surface area contributed by atoms with Crippen LogP contribution in [0.3, 0.4) is 0 Å². The largest absolute Gasteiger partial charge is 0.495 e. The summed E-state index contributed by atoms with van der Waals surface area (Å²) >= 11 is 0. The molecule has 3 aliphatic rings. The Morgan fingerprint density at radius 2 is 1.92 bits per heavy atom. The molecule has 2 atom stereocenters. The Kier molecular flexibility index (Phi) is 5.14. The Balaban J connectivity index is 1.36. The van der Waals surface area contributed by atoms with E-state index in [1.807, 2.05) is 12.1 Å². The Morgan fingerprint density at radius 1 is 1.12 bits per heavy atom. The van der Waals surface area contributed by atoms with Crippen LogP contribution in [0.2, 0.25) is 0 Å². The summed E-state index contributed by atoms with van der Waals surface area (Å²) in [7, 11) is 1.73. The van der Waals surface area contributed by atoms with Crippen molar-refractivity contribution in [3.8, 4) is 5.75 Å². The van der Waals surface area contributed by atoms with E-state index in [0.29, 0.717) is 5.92 Å². The number of rotatable bonds is 4. The molecule has 1 aromatic rings. The number of aliphatic hydroxyl groups is 1. The van der Waals surface area contributed by atoms with Gasteiger partial charge in [0.25, 0.3) is 0 Å². The fourth-order valence-corrected chi connectivity index (χ4v) is 4.31. The van der Waals surface area contributed by atoms with Crippen molar-refractivity contribution >= 4 is 5.69 Å². The van der Waals surface area contributed by atoms with Crippen LogP contribution in [0.15, 0.2) is 59.7 Å². The first-order valence-corrected chi connectivity index (χ1v) is 9.62. The summed E-state index contributed by atoms with van der Waals surface area (Å²) in [6.45, 7) is 5.00. The minimum atomic E-state index is -0.327. The van der Waals surface area contributed by atoms with Gasteiger partial charge in [0.15, 0.2) is 0 Å². The second-order valence-electron chi connectivity index (χ2n) is 7.36. The lowest BCUT2D eigenvalue weighted by atomic mass is 9.80. The number of piperazine rings is 1. The molecule has 0 radical (unpaired) electrons. The molecule has 1 saturated heterocycles. The average Bonchev–Trinajstić information content (AvgIpc) is 2.71. The van der Waals surface area contributed by atoms with Gasteiger partial charge in [0.1, 0.15) is 5.75 Å². The van der Waals surface area contributed by atoms with Crippen molar-refractivity contribution in [3.63, 3.8) is 0 Å². The van der Waals surface area contributed by atoms with Crippen LogP contribution in [0.5, 0.6) is 5.75 Å². The number of para-hydroxylation sites is 2. The highest BCUT2D eigenvalue weighted by atomic mass is 16.5. The summed E-state index contributed by atoms with van der Waals surface area (Å²) in [6.07, 6.45) is 10.4. The van der Waals surface area contributed by atoms with Crippen molar-refractivity contribution < 1.29 is 9.84 Å². The molecule has 1 fully saturated rings. The van der Waals surface area contributed by atoms with Crippen LogP contribution in [0.25, 0.3) is 0 Å². The molecule has 1 heterocycles. The van der Waals surface area contributed by atoms with Gasteiger partial charge in [-0.3, -0.25) is 4.90 Å². The third kappa shape index (κ3) is 3.44. The second kappa shape index (κ2) is 7.68. The molecule has 0 amide bonds. The molecule has 2 aliphatic carbocycles. The molecule has 1 aromatic carbocycles. The van der Waals surface area contributed by atoms with E-state index in [2.05, 4.69) is 46.2 Å². The topological polar surface area (TPSA) is 35.9 Å². The smallest absolute Gasteiger partial charge is 0.142 e. The molecular formula is C22H28N2O2. The zero-order valence-electron chi connectivity index (χ0n) is 15.5. The molecule has 0 saturated carbocycles. The third-order valence-electron chi connectivity index (χ3n) is 5.80. The van der Waals surface area contributed by atoms with E-state index in [4.69, 9.17) is 4.74 Å². The quantitative estimate of drug-likeness (QED) is 0.904. The molecule has 2 unspecified atom stereocenters. The van der Waals surface area contributed by atoms with Gasteiger partial charge in [-0.2, -0.15) is 0 Å². The number of nitrogens with zero attached hydrogens (tertiary/aromatic N) is 2. The first-order chi connectivity index (χ1) is 12.8. The first kappa shape index (κ1) is 17.4. The summed E-state index contributed by atoms with van der Waals surface area (Å²) in [4.78, 5) is 4.90. The molecule has 26 heavy (non-hydrogen) atoms. The van der Waals surface area contributed by atoms with Crippen LogP contribution in [0, 0.1) is 5.92 Å². The molecule has 1 N–H and O–H groups in total. The number of ether oxygens (including phenoxy) is 1. The molecule has 138 valence electrons. The van der Waals surface area contributed by atoms with E-state index in [0.717, 1.165) is 56.9 Å². The summed E-state index contributed by atoms with van der Waals surface area (Å²) < 4.78 is 5.50. The third-order valence-corrected chi connectivity index (χ3v) is 5.80. The highest BCUT2D eigenvalue weighted by Gasteiger charge is 2.30. The van der Waals surface area contributed by atoms with Crippen LogP contribution in [-0.2, 0) is 0 Å². The van der Waals surface area contributed by atoms with E-state index < -0.39 is 0 Å². The maximum Gasteiger partial charge on any atom is 0.142 e. The lowest BCUT2D eigenvalue weighted by Gasteiger charge is -2.40. The van der Waals surface area contributed by atoms with Crippen molar-refractivity contribution in [2.24, 2.45) is 5.92 Å². The van der Waals surface area contributed by atoms with Crippen molar-refractivity contribution in [3.05, 3.63) is 59.7 Å². The molecule has 0 aromatic heterocycles. The zero-order valence-corrected chi connectivity index (χ0v) is 15.5. The van der Waals surface area contributed by atoms with Gasteiger partial charge in [-0.25, -0.2) is 0 Å². The van der Waals surface area contributed by atoms with Crippen LogP contribution < -0.4 is 9.64 Å². The maximum atomic E-state index is 10.8. The number of allylic oxidation sites excluding steroid dienone is 4. The lowest BCUT2D eigenvalue weighted by Crippen LogP contribution is -2.49. The molecule has 4 rings (SSSR count). The number of fused-ring (bicyclic) bond motifs is 1. The van der Waals surface area contributed by atoms with Gasteiger partial charge in [-0.15, -0.1) is 0 Å². The molecule has 0 bridgehead atoms. The summed E-state index contributed by atoms with van der Waals surface area (Å²) in [5.41, 5.74) is 3.54. The standard InChI is InChI=1S/C22H28N2O2/c1-26-21-9-5-4-8-20(21)24-14-12-23(13-15-24)16-18-11-10-17-6-2-3-7-19(17)22(18)25/h2,4-10,18,22,25H,3,11-16H2,1H3. The van der Waals surface area contributed by atoms with Crippen molar-refractivity contribution in [1.82, 2.24) is 4.90 Å². The number of methoxy groups -OCH3 is 1. The zero-order chi connectivity index (χ0) is 17.9. The Hall–Kier alpha value is -2.04. The predicted molar refractivity (Wildman–Crippen MR) is 106 cm³/mol. The van der Waals surface area contributed by atoms with Crippen molar-refractivity contribution in [2.45, 2.75) is 18.9 Å². The highest BCUT2D eigenvalue weighted by molar-refractivity contribution is 5.58. The minimum absolute atomic E-state index is 0.300. The van der Waals surface area contributed by atoms with Crippen LogP contribution in [0.1, 0.15) is 12.8 Å². The van der Waals surface area contributed by atoms with Crippen LogP contribution >= 0.6 is 0 Å². The molecule has 0 spiro atoms.